The number of thiazole rings is 1. The summed E-state index contributed by atoms with van der Waals surface area (Å²) in [4.78, 5) is 24.2. The molecule has 6 nitrogen and oxygen atoms in total. The van der Waals surface area contributed by atoms with Crippen LogP contribution in [-0.4, -0.2) is 47.1 Å². The van der Waals surface area contributed by atoms with Gasteiger partial charge in [-0.15, -0.1) is 11.3 Å². The highest BCUT2D eigenvalue weighted by molar-refractivity contribution is 7.13. The molecule has 0 atom stereocenters. The van der Waals surface area contributed by atoms with E-state index in [1.165, 1.54) is 6.07 Å². The number of aromatic nitrogens is 2. The van der Waals surface area contributed by atoms with Crippen LogP contribution in [0.5, 0.6) is 0 Å². The van der Waals surface area contributed by atoms with Crippen LogP contribution >= 0.6 is 11.3 Å². The molecule has 0 saturated carbocycles. The first kappa shape index (κ1) is 20.1. The molecule has 0 aliphatic carbocycles. The van der Waals surface area contributed by atoms with Gasteiger partial charge in [-0.3, -0.25) is 0 Å². The number of urea groups is 1. The molecule has 3 aromatic rings. The van der Waals surface area contributed by atoms with Gasteiger partial charge in [0.05, 0.1) is 5.56 Å². The second-order valence-electron chi connectivity index (χ2n) is 6.72. The van der Waals surface area contributed by atoms with Crippen LogP contribution in [0.25, 0.3) is 10.6 Å². The Morgan fingerprint density at radius 1 is 1.00 bits per heavy atom. The highest BCUT2D eigenvalue weighted by atomic mass is 32.1. The van der Waals surface area contributed by atoms with E-state index < -0.39 is 11.7 Å². The Kier molecular flexibility index (Phi) is 5.58. The van der Waals surface area contributed by atoms with Crippen LogP contribution in [0, 0.1) is 0 Å². The van der Waals surface area contributed by atoms with E-state index in [-0.39, 0.29) is 6.03 Å². The van der Waals surface area contributed by atoms with Crippen LogP contribution in [0.4, 0.5) is 29.5 Å². The van der Waals surface area contributed by atoms with Gasteiger partial charge in [-0.2, -0.15) is 13.2 Å². The summed E-state index contributed by atoms with van der Waals surface area (Å²) < 4.78 is 38.0. The van der Waals surface area contributed by atoms with Crippen LogP contribution in [-0.2, 0) is 6.18 Å². The van der Waals surface area contributed by atoms with E-state index >= 15 is 0 Å². The molecule has 1 fully saturated rings. The lowest BCUT2D eigenvalue weighted by atomic mass is 10.2. The molecule has 2 aromatic heterocycles. The van der Waals surface area contributed by atoms with Gasteiger partial charge in [0.25, 0.3) is 0 Å². The molecule has 0 radical (unpaired) electrons. The van der Waals surface area contributed by atoms with Gasteiger partial charge in [-0.05, 0) is 36.4 Å². The van der Waals surface area contributed by atoms with E-state index in [1.54, 1.807) is 22.4 Å². The first-order chi connectivity index (χ1) is 14.4. The molecular formula is C20H18F3N5OS. The molecular weight excluding hydrogens is 415 g/mol. The van der Waals surface area contributed by atoms with Gasteiger partial charge in [0, 0.05) is 55.2 Å². The lowest BCUT2D eigenvalue weighted by Gasteiger charge is -2.35. The number of halogens is 3. The molecule has 156 valence electrons. The molecule has 10 heteroatoms. The van der Waals surface area contributed by atoms with E-state index in [9.17, 15) is 18.0 Å². The fourth-order valence-corrected chi connectivity index (χ4v) is 3.79. The SMILES string of the molecule is O=C(Nc1ccc(-c2nccs2)cc1)N1CCN(c2ccc(C(F)(F)F)cn2)CC1. The minimum Gasteiger partial charge on any atom is -0.353 e. The number of rotatable bonds is 3. The number of nitrogens with one attached hydrogen (secondary N) is 1. The molecule has 3 heterocycles. The fourth-order valence-electron chi connectivity index (χ4n) is 3.14. The molecule has 30 heavy (non-hydrogen) atoms. The van der Waals surface area contributed by atoms with Crippen molar-refractivity contribution in [3.63, 3.8) is 0 Å². The molecule has 0 bridgehead atoms. The maximum atomic E-state index is 12.7. The molecule has 0 unspecified atom stereocenters. The van der Waals surface area contributed by atoms with E-state index in [1.807, 2.05) is 34.5 Å². The lowest BCUT2D eigenvalue weighted by Crippen LogP contribution is -2.50. The predicted molar refractivity (Wildman–Crippen MR) is 110 cm³/mol. The Balaban J connectivity index is 1.31. The highest BCUT2D eigenvalue weighted by Gasteiger charge is 2.31. The number of hydrogen-bond donors (Lipinski definition) is 1. The van der Waals surface area contributed by atoms with Crippen molar-refractivity contribution < 1.29 is 18.0 Å². The zero-order chi connectivity index (χ0) is 21.1. The number of anilines is 2. The zero-order valence-electron chi connectivity index (χ0n) is 15.8. The topological polar surface area (TPSA) is 61.4 Å². The number of amides is 2. The molecule has 2 amide bonds. The number of alkyl halides is 3. The molecule has 4 rings (SSSR count). The van der Waals surface area contributed by atoms with Crippen molar-refractivity contribution in [2.45, 2.75) is 6.18 Å². The summed E-state index contributed by atoms with van der Waals surface area (Å²) in [5, 5.41) is 5.70. The average Bonchev–Trinajstić information content (AvgIpc) is 3.29. The molecule has 1 N–H and O–H groups in total. The third kappa shape index (κ3) is 4.54. The van der Waals surface area contributed by atoms with Crippen molar-refractivity contribution in [3.8, 4) is 10.6 Å². The van der Waals surface area contributed by atoms with Crippen molar-refractivity contribution >= 4 is 28.9 Å². The summed E-state index contributed by atoms with van der Waals surface area (Å²) in [5.74, 6) is 0.473. The minimum atomic E-state index is -4.40. The predicted octanol–water partition coefficient (Wildman–Crippen LogP) is 4.58. The first-order valence-electron chi connectivity index (χ1n) is 9.24. The average molecular weight is 433 g/mol. The van der Waals surface area contributed by atoms with Gasteiger partial charge in [0.15, 0.2) is 0 Å². The van der Waals surface area contributed by atoms with Crippen molar-refractivity contribution in [1.29, 1.82) is 0 Å². The van der Waals surface area contributed by atoms with Gasteiger partial charge in [0.1, 0.15) is 10.8 Å². The van der Waals surface area contributed by atoms with Crippen LogP contribution in [0.1, 0.15) is 5.56 Å². The number of piperazine rings is 1. The minimum absolute atomic E-state index is 0.211. The maximum Gasteiger partial charge on any atom is 0.417 e. The Morgan fingerprint density at radius 3 is 2.30 bits per heavy atom. The van der Waals surface area contributed by atoms with E-state index in [0.717, 1.165) is 22.8 Å². The molecule has 1 saturated heterocycles. The van der Waals surface area contributed by atoms with Crippen molar-refractivity contribution in [2.24, 2.45) is 0 Å². The molecule has 1 aromatic carbocycles. The third-order valence-electron chi connectivity index (χ3n) is 4.78. The van der Waals surface area contributed by atoms with E-state index in [4.69, 9.17) is 0 Å². The Hall–Kier alpha value is -3.14. The van der Waals surface area contributed by atoms with E-state index in [2.05, 4.69) is 15.3 Å². The molecule has 0 spiro atoms. The fraction of sp³-hybridized carbons (Fsp3) is 0.250. The number of hydrogen-bond acceptors (Lipinski definition) is 5. The van der Waals surface area contributed by atoms with Gasteiger partial charge in [0.2, 0.25) is 0 Å². The van der Waals surface area contributed by atoms with E-state index in [0.29, 0.717) is 37.7 Å². The summed E-state index contributed by atoms with van der Waals surface area (Å²) in [7, 11) is 0. The summed E-state index contributed by atoms with van der Waals surface area (Å²) in [6, 6.07) is 9.65. The van der Waals surface area contributed by atoms with Crippen molar-refractivity contribution in [3.05, 3.63) is 59.7 Å². The highest BCUT2D eigenvalue weighted by Crippen LogP contribution is 2.29. The van der Waals surface area contributed by atoms with Gasteiger partial charge < -0.3 is 15.1 Å². The summed E-state index contributed by atoms with van der Waals surface area (Å²) in [6.07, 6.45) is -1.82. The molecule has 1 aliphatic heterocycles. The summed E-state index contributed by atoms with van der Waals surface area (Å²) in [6.45, 7) is 1.89. The van der Waals surface area contributed by atoms with Crippen LogP contribution in [0.15, 0.2) is 54.2 Å². The first-order valence-corrected chi connectivity index (χ1v) is 10.1. The lowest BCUT2D eigenvalue weighted by molar-refractivity contribution is -0.137. The largest absolute Gasteiger partial charge is 0.417 e. The van der Waals surface area contributed by atoms with Gasteiger partial charge in [-0.1, -0.05) is 0 Å². The third-order valence-corrected chi connectivity index (χ3v) is 5.60. The summed E-state index contributed by atoms with van der Waals surface area (Å²) in [5.41, 5.74) is 0.901. The van der Waals surface area contributed by atoms with Gasteiger partial charge in [-0.25, -0.2) is 14.8 Å². The van der Waals surface area contributed by atoms with Crippen molar-refractivity contribution in [2.75, 3.05) is 36.4 Å². The second kappa shape index (κ2) is 8.31. The number of carbonyl (C=O) groups excluding carboxylic acids is 1. The van der Waals surface area contributed by atoms with Crippen molar-refractivity contribution in [1.82, 2.24) is 14.9 Å². The number of pyridine rings is 1. The maximum absolute atomic E-state index is 12.7. The van der Waals surface area contributed by atoms with Crippen LogP contribution in [0.3, 0.4) is 0 Å². The van der Waals surface area contributed by atoms with Crippen LogP contribution < -0.4 is 10.2 Å². The van der Waals surface area contributed by atoms with Gasteiger partial charge >= 0.3 is 12.2 Å². The van der Waals surface area contributed by atoms with Crippen LogP contribution in [0.2, 0.25) is 0 Å². The zero-order valence-corrected chi connectivity index (χ0v) is 16.6. The normalized spacial score (nSPS) is 14.6. The number of carbonyl (C=O) groups is 1. The second-order valence-corrected chi connectivity index (χ2v) is 7.62. The summed E-state index contributed by atoms with van der Waals surface area (Å²) >= 11 is 1.55. The standard InChI is InChI=1S/C20H18F3N5OS/c21-20(22,23)15-3-6-17(25-13-15)27-8-10-28(11-9-27)19(29)26-16-4-1-14(2-5-16)18-24-7-12-30-18/h1-7,12-13H,8-11H2,(H,26,29). The monoisotopic (exact) mass is 433 g/mol. The Bertz CT molecular complexity index is 983. The Labute approximate surface area is 175 Å². The quantitative estimate of drug-likeness (QED) is 0.657. The smallest absolute Gasteiger partial charge is 0.353 e. The number of benzene rings is 1. The number of nitrogens with zero attached hydrogens (tertiary/aromatic N) is 4. The molecule has 1 aliphatic rings. The Morgan fingerprint density at radius 2 is 1.73 bits per heavy atom.